The maximum absolute atomic E-state index is 13.5. The van der Waals surface area contributed by atoms with Crippen molar-refractivity contribution in [3.8, 4) is 0 Å². The van der Waals surface area contributed by atoms with Gasteiger partial charge in [0.2, 0.25) is 0 Å². The van der Waals surface area contributed by atoms with Crippen LogP contribution in [0.1, 0.15) is 27.2 Å². The van der Waals surface area contributed by atoms with Crippen molar-refractivity contribution in [1.82, 2.24) is 0 Å². The lowest BCUT2D eigenvalue weighted by molar-refractivity contribution is 0.157. The molecule has 0 aliphatic heterocycles. The van der Waals surface area contributed by atoms with Crippen molar-refractivity contribution >= 4 is 0 Å². The molecular weight excluding hydrogens is 170 g/mol. The van der Waals surface area contributed by atoms with Crippen LogP contribution < -0.4 is 0 Å². The van der Waals surface area contributed by atoms with Gasteiger partial charge in [0, 0.05) is 12.3 Å². The van der Waals surface area contributed by atoms with Gasteiger partial charge in [-0.2, -0.15) is 0 Å². The molecule has 74 valence electrons. The first kappa shape index (κ1) is 10.4. The van der Waals surface area contributed by atoms with E-state index >= 15 is 0 Å². The predicted molar refractivity (Wildman–Crippen MR) is 50.8 cm³/mol. The Labute approximate surface area is 78.3 Å². The normalized spacial score (nSPS) is 29.8. The fourth-order valence-corrected chi connectivity index (χ4v) is 1.59. The molecule has 1 aliphatic carbocycles. The highest BCUT2D eigenvalue weighted by Gasteiger charge is 2.30. The SMILES string of the molecule is CC(C)(C)C1C=CC(F)=CCC1F. The molecule has 0 saturated heterocycles. The first-order valence-electron chi connectivity index (χ1n) is 4.59. The molecule has 0 spiro atoms. The molecule has 0 nitrogen and oxygen atoms in total. The lowest BCUT2D eigenvalue weighted by atomic mass is 9.77. The Morgan fingerprint density at radius 1 is 1.38 bits per heavy atom. The highest BCUT2D eigenvalue weighted by molar-refractivity contribution is 5.17. The largest absolute Gasteiger partial charge is 0.246 e. The molecule has 0 aromatic carbocycles. The van der Waals surface area contributed by atoms with Gasteiger partial charge in [-0.1, -0.05) is 26.8 Å². The molecule has 2 atom stereocenters. The van der Waals surface area contributed by atoms with Crippen LogP contribution in [0.4, 0.5) is 8.78 Å². The van der Waals surface area contributed by atoms with Crippen molar-refractivity contribution < 1.29 is 8.78 Å². The van der Waals surface area contributed by atoms with E-state index in [1.54, 1.807) is 6.08 Å². The van der Waals surface area contributed by atoms with Crippen molar-refractivity contribution in [3.05, 3.63) is 24.1 Å². The topological polar surface area (TPSA) is 0 Å². The van der Waals surface area contributed by atoms with Gasteiger partial charge in [0.25, 0.3) is 0 Å². The van der Waals surface area contributed by atoms with E-state index in [-0.39, 0.29) is 23.6 Å². The van der Waals surface area contributed by atoms with Gasteiger partial charge in [0.15, 0.2) is 0 Å². The maximum Gasteiger partial charge on any atom is 0.119 e. The second kappa shape index (κ2) is 3.60. The van der Waals surface area contributed by atoms with Gasteiger partial charge >= 0.3 is 0 Å². The summed E-state index contributed by atoms with van der Waals surface area (Å²) in [5, 5.41) is 0. The van der Waals surface area contributed by atoms with E-state index < -0.39 is 6.17 Å². The third kappa shape index (κ3) is 2.64. The summed E-state index contributed by atoms with van der Waals surface area (Å²) < 4.78 is 26.3. The van der Waals surface area contributed by atoms with Gasteiger partial charge in [0.05, 0.1) is 0 Å². The number of rotatable bonds is 0. The minimum Gasteiger partial charge on any atom is -0.246 e. The summed E-state index contributed by atoms with van der Waals surface area (Å²) in [6.45, 7) is 5.91. The van der Waals surface area contributed by atoms with E-state index in [1.807, 2.05) is 20.8 Å². The molecule has 2 unspecified atom stereocenters. The van der Waals surface area contributed by atoms with Crippen LogP contribution >= 0.6 is 0 Å². The van der Waals surface area contributed by atoms with Crippen molar-refractivity contribution in [2.24, 2.45) is 11.3 Å². The van der Waals surface area contributed by atoms with Crippen LogP contribution in [-0.2, 0) is 0 Å². The molecular formula is C11H16F2. The van der Waals surface area contributed by atoms with Crippen LogP contribution in [0, 0.1) is 11.3 Å². The second-order valence-electron chi connectivity index (χ2n) is 4.59. The molecule has 0 heterocycles. The molecule has 2 heteroatoms. The molecule has 0 saturated carbocycles. The minimum absolute atomic E-state index is 0.144. The van der Waals surface area contributed by atoms with Crippen LogP contribution in [0.15, 0.2) is 24.1 Å². The molecule has 1 aliphatic rings. The Balaban J connectivity index is 2.83. The highest BCUT2D eigenvalue weighted by atomic mass is 19.1. The smallest absolute Gasteiger partial charge is 0.119 e. The number of halogens is 2. The zero-order valence-corrected chi connectivity index (χ0v) is 8.35. The lowest BCUT2D eigenvalue weighted by Crippen LogP contribution is -2.27. The molecule has 0 bridgehead atoms. The molecule has 13 heavy (non-hydrogen) atoms. The Hall–Kier alpha value is -0.660. The standard InChI is InChI=1S/C11H16F2/c1-11(2,3)9-6-4-8(12)5-7-10(9)13/h4-6,9-10H,7H2,1-3H3. The monoisotopic (exact) mass is 186 g/mol. The summed E-state index contributed by atoms with van der Waals surface area (Å²) in [6, 6.07) is 0. The van der Waals surface area contributed by atoms with Crippen molar-refractivity contribution in [2.75, 3.05) is 0 Å². The number of hydrogen-bond acceptors (Lipinski definition) is 0. The quantitative estimate of drug-likeness (QED) is 0.539. The van der Waals surface area contributed by atoms with Crippen LogP contribution in [0.5, 0.6) is 0 Å². The molecule has 0 fully saturated rings. The molecule has 1 rings (SSSR count). The molecule has 0 amide bonds. The Morgan fingerprint density at radius 3 is 2.54 bits per heavy atom. The third-order valence-corrected chi connectivity index (χ3v) is 2.39. The summed E-state index contributed by atoms with van der Waals surface area (Å²) in [5.74, 6) is -0.522. The maximum atomic E-state index is 13.5. The van der Waals surface area contributed by atoms with E-state index in [2.05, 4.69) is 0 Å². The van der Waals surface area contributed by atoms with Gasteiger partial charge in [-0.05, 0) is 17.6 Å². The summed E-state index contributed by atoms with van der Waals surface area (Å²) in [7, 11) is 0. The van der Waals surface area contributed by atoms with Gasteiger partial charge in [-0.15, -0.1) is 0 Å². The zero-order valence-electron chi connectivity index (χ0n) is 8.35. The fraction of sp³-hybridized carbons (Fsp3) is 0.636. The molecule has 0 aromatic heterocycles. The summed E-state index contributed by atoms with van der Waals surface area (Å²) in [4.78, 5) is 0. The van der Waals surface area contributed by atoms with Gasteiger partial charge in [-0.25, -0.2) is 8.78 Å². The van der Waals surface area contributed by atoms with E-state index in [0.29, 0.717) is 0 Å². The van der Waals surface area contributed by atoms with Gasteiger partial charge in [0.1, 0.15) is 12.0 Å². The molecule has 0 radical (unpaired) electrons. The Morgan fingerprint density at radius 2 is 2.00 bits per heavy atom. The average molecular weight is 186 g/mol. The summed E-state index contributed by atoms with van der Waals surface area (Å²) in [6.07, 6.45) is 3.54. The first-order valence-corrected chi connectivity index (χ1v) is 4.59. The van der Waals surface area contributed by atoms with Crippen LogP contribution in [0.25, 0.3) is 0 Å². The molecule has 0 N–H and O–H groups in total. The van der Waals surface area contributed by atoms with Crippen LogP contribution in [0.3, 0.4) is 0 Å². The van der Waals surface area contributed by atoms with E-state index in [9.17, 15) is 8.78 Å². The number of alkyl halides is 1. The number of hydrogen-bond donors (Lipinski definition) is 0. The minimum atomic E-state index is -0.968. The number of allylic oxidation sites excluding steroid dienone is 4. The Kier molecular flexibility index (Phi) is 2.89. The van der Waals surface area contributed by atoms with Crippen molar-refractivity contribution in [1.29, 1.82) is 0 Å². The van der Waals surface area contributed by atoms with Crippen molar-refractivity contribution in [2.45, 2.75) is 33.4 Å². The first-order chi connectivity index (χ1) is 5.91. The van der Waals surface area contributed by atoms with E-state index in [0.717, 1.165) is 0 Å². The van der Waals surface area contributed by atoms with Crippen LogP contribution in [-0.4, -0.2) is 6.17 Å². The van der Waals surface area contributed by atoms with Crippen molar-refractivity contribution in [3.63, 3.8) is 0 Å². The third-order valence-electron chi connectivity index (χ3n) is 2.39. The van der Waals surface area contributed by atoms with Gasteiger partial charge < -0.3 is 0 Å². The summed E-state index contributed by atoms with van der Waals surface area (Å²) >= 11 is 0. The zero-order chi connectivity index (χ0) is 10.1. The summed E-state index contributed by atoms with van der Waals surface area (Å²) in [5.41, 5.74) is -0.144. The fourth-order valence-electron chi connectivity index (χ4n) is 1.59. The predicted octanol–water partition coefficient (Wildman–Crippen LogP) is 3.80. The average Bonchev–Trinajstić information content (AvgIpc) is 2.12. The lowest BCUT2D eigenvalue weighted by Gasteiger charge is -2.29. The molecule has 0 aromatic rings. The second-order valence-corrected chi connectivity index (χ2v) is 4.59. The Bertz CT molecular complexity index is 233. The van der Waals surface area contributed by atoms with Crippen LogP contribution in [0.2, 0.25) is 0 Å². The van der Waals surface area contributed by atoms with E-state index in [1.165, 1.54) is 12.2 Å². The highest BCUT2D eigenvalue weighted by Crippen LogP contribution is 2.35. The van der Waals surface area contributed by atoms with E-state index in [4.69, 9.17) is 0 Å². The van der Waals surface area contributed by atoms with Gasteiger partial charge in [-0.3, -0.25) is 0 Å².